The van der Waals surface area contributed by atoms with Gasteiger partial charge in [0.2, 0.25) is 0 Å². The quantitative estimate of drug-likeness (QED) is 0.811. The predicted molar refractivity (Wildman–Crippen MR) is 55.8 cm³/mol. The first-order valence-electron chi connectivity index (χ1n) is 4.56. The summed E-state index contributed by atoms with van der Waals surface area (Å²) in [5, 5.41) is 9.55. The van der Waals surface area contributed by atoms with Crippen LogP contribution in [0.15, 0.2) is 5.38 Å². The molecule has 0 radical (unpaired) electrons. The van der Waals surface area contributed by atoms with E-state index in [-0.39, 0.29) is 5.41 Å². The summed E-state index contributed by atoms with van der Waals surface area (Å²) in [6.45, 7) is 9.69. The Labute approximate surface area is 83.7 Å². The van der Waals surface area contributed by atoms with Crippen molar-refractivity contribution in [2.75, 3.05) is 6.54 Å². The molecule has 1 atom stereocenters. The van der Waals surface area contributed by atoms with E-state index in [0.717, 1.165) is 12.2 Å². The van der Waals surface area contributed by atoms with Crippen LogP contribution in [0.1, 0.15) is 39.4 Å². The minimum Gasteiger partial charge on any atom is -0.308 e. The Bertz CT molecular complexity index is 238. The lowest BCUT2D eigenvalue weighted by Gasteiger charge is -2.29. The molecule has 1 rings (SSSR count). The van der Waals surface area contributed by atoms with Gasteiger partial charge in [0.05, 0.1) is 11.7 Å². The van der Waals surface area contributed by atoms with Crippen LogP contribution in [0.25, 0.3) is 0 Å². The molecule has 0 aliphatic heterocycles. The molecule has 1 heterocycles. The fourth-order valence-corrected chi connectivity index (χ4v) is 1.84. The molecule has 1 aromatic rings. The van der Waals surface area contributed by atoms with E-state index in [1.54, 1.807) is 0 Å². The molecule has 74 valence electrons. The molecule has 4 heteroatoms. The third-order valence-corrected chi connectivity index (χ3v) is 2.47. The number of aromatic nitrogens is 2. The maximum absolute atomic E-state index is 4.11. The molecule has 0 aliphatic carbocycles. The maximum atomic E-state index is 4.11. The molecule has 0 aromatic carbocycles. The van der Waals surface area contributed by atoms with E-state index in [0.29, 0.717) is 6.04 Å². The van der Waals surface area contributed by atoms with Gasteiger partial charge in [-0.25, -0.2) is 0 Å². The smallest absolute Gasteiger partial charge is 0.0930 e. The summed E-state index contributed by atoms with van der Waals surface area (Å²) in [7, 11) is 0. The molecular formula is C9H17N3S. The second kappa shape index (κ2) is 4.15. The topological polar surface area (TPSA) is 37.8 Å². The molecule has 0 spiro atoms. The second-order valence-electron chi connectivity index (χ2n) is 4.19. The number of nitrogens with zero attached hydrogens (tertiary/aromatic N) is 2. The van der Waals surface area contributed by atoms with Gasteiger partial charge in [0.15, 0.2) is 0 Å². The average Bonchev–Trinajstić information content (AvgIpc) is 2.49. The van der Waals surface area contributed by atoms with Crippen LogP contribution < -0.4 is 5.32 Å². The summed E-state index contributed by atoms with van der Waals surface area (Å²) in [6.07, 6.45) is 0. The van der Waals surface area contributed by atoms with Crippen LogP contribution in [0, 0.1) is 5.41 Å². The van der Waals surface area contributed by atoms with Crippen LogP contribution in [0.5, 0.6) is 0 Å². The highest BCUT2D eigenvalue weighted by atomic mass is 32.1. The van der Waals surface area contributed by atoms with Gasteiger partial charge in [-0.15, -0.1) is 5.10 Å². The monoisotopic (exact) mass is 199 g/mol. The predicted octanol–water partition coefficient (Wildman–Crippen LogP) is 2.23. The highest BCUT2D eigenvalue weighted by Crippen LogP contribution is 2.31. The van der Waals surface area contributed by atoms with Gasteiger partial charge in [0.1, 0.15) is 0 Å². The van der Waals surface area contributed by atoms with Crippen molar-refractivity contribution in [2.45, 2.75) is 33.7 Å². The van der Waals surface area contributed by atoms with Crippen molar-refractivity contribution < 1.29 is 0 Å². The van der Waals surface area contributed by atoms with Crippen molar-refractivity contribution >= 4 is 11.5 Å². The average molecular weight is 199 g/mol. The van der Waals surface area contributed by atoms with E-state index < -0.39 is 0 Å². The van der Waals surface area contributed by atoms with Crippen molar-refractivity contribution in [3.05, 3.63) is 11.1 Å². The number of hydrogen-bond donors (Lipinski definition) is 1. The zero-order chi connectivity index (χ0) is 9.90. The molecule has 13 heavy (non-hydrogen) atoms. The minimum atomic E-state index is 0.186. The molecule has 1 unspecified atom stereocenters. The normalized spacial score (nSPS) is 14.5. The van der Waals surface area contributed by atoms with Gasteiger partial charge in [-0.05, 0) is 23.5 Å². The van der Waals surface area contributed by atoms with Crippen molar-refractivity contribution in [2.24, 2.45) is 5.41 Å². The van der Waals surface area contributed by atoms with E-state index in [1.807, 2.05) is 5.38 Å². The molecular weight excluding hydrogens is 182 g/mol. The van der Waals surface area contributed by atoms with Gasteiger partial charge < -0.3 is 5.32 Å². The van der Waals surface area contributed by atoms with Gasteiger partial charge in [-0.1, -0.05) is 32.2 Å². The molecule has 3 nitrogen and oxygen atoms in total. The number of rotatable bonds is 3. The fraction of sp³-hybridized carbons (Fsp3) is 0.778. The Balaban J connectivity index is 2.81. The van der Waals surface area contributed by atoms with E-state index in [1.165, 1.54) is 11.5 Å². The zero-order valence-electron chi connectivity index (χ0n) is 8.66. The first-order chi connectivity index (χ1) is 6.05. The summed E-state index contributed by atoms with van der Waals surface area (Å²) in [6, 6.07) is 0.302. The van der Waals surface area contributed by atoms with E-state index in [4.69, 9.17) is 0 Å². The molecule has 0 amide bonds. The SMILES string of the molecule is CCNC(c1csnn1)C(C)(C)C. The largest absolute Gasteiger partial charge is 0.308 e. The Kier molecular flexibility index (Phi) is 3.39. The van der Waals surface area contributed by atoms with Gasteiger partial charge in [-0.3, -0.25) is 0 Å². The summed E-state index contributed by atoms with van der Waals surface area (Å²) in [4.78, 5) is 0. The molecule has 0 saturated heterocycles. The molecule has 0 bridgehead atoms. The Morgan fingerprint density at radius 3 is 2.62 bits per heavy atom. The van der Waals surface area contributed by atoms with Gasteiger partial charge in [-0.2, -0.15) is 0 Å². The van der Waals surface area contributed by atoms with Crippen molar-refractivity contribution in [3.8, 4) is 0 Å². The number of nitrogens with one attached hydrogen (secondary N) is 1. The Morgan fingerprint density at radius 2 is 2.23 bits per heavy atom. The van der Waals surface area contributed by atoms with Crippen LogP contribution in [0.3, 0.4) is 0 Å². The van der Waals surface area contributed by atoms with Crippen LogP contribution in [-0.4, -0.2) is 16.1 Å². The second-order valence-corrected chi connectivity index (χ2v) is 4.80. The Morgan fingerprint density at radius 1 is 1.54 bits per heavy atom. The summed E-state index contributed by atoms with van der Waals surface area (Å²) in [5.41, 5.74) is 1.24. The van der Waals surface area contributed by atoms with Crippen LogP contribution in [-0.2, 0) is 0 Å². The van der Waals surface area contributed by atoms with Crippen molar-refractivity contribution in [1.82, 2.24) is 14.9 Å². The zero-order valence-corrected chi connectivity index (χ0v) is 9.48. The highest BCUT2D eigenvalue weighted by Gasteiger charge is 2.27. The third kappa shape index (κ3) is 2.74. The third-order valence-electron chi connectivity index (χ3n) is 1.95. The van der Waals surface area contributed by atoms with E-state index in [2.05, 4.69) is 42.6 Å². The molecule has 0 fully saturated rings. The van der Waals surface area contributed by atoms with Crippen molar-refractivity contribution in [3.63, 3.8) is 0 Å². The molecule has 1 aromatic heterocycles. The first-order valence-corrected chi connectivity index (χ1v) is 5.39. The minimum absolute atomic E-state index is 0.186. The van der Waals surface area contributed by atoms with Gasteiger partial charge >= 0.3 is 0 Å². The van der Waals surface area contributed by atoms with Crippen LogP contribution in [0.4, 0.5) is 0 Å². The van der Waals surface area contributed by atoms with E-state index >= 15 is 0 Å². The summed E-state index contributed by atoms with van der Waals surface area (Å²) in [5.74, 6) is 0. The van der Waals surface area contributed by atoms with Gasteiger partial charge in [0.25, 0.3) is 0 Å². The molecule has 0 saturated carbocycles. The summed E-state index contributed by atoms with van der Waals surface area (Å²) >= 11 is 1.41. The lowest BCUT2D eigenvalue weighted by atomic mass is 9.85. The van der Waals surface area contributed by atoms with Crippen molar-refractivity contribution in [1.29, 1.82) is 0 Å². The van der Waals surface area contributed by atoms with Gasteiger partial charge in [0, 0.05) is 5.38 Å². The standard InChI is InChI=1S/C9H17N3S/c1-5-10-8(9(2,3)4)7-6-13-12-11-7/h6,8,10H,5H2,1-4H3. The lowest BCUT2D eigenvalue weighted by Crippen LogP contribution is -2.32. The molecule has 1 N–H and O–H groups in total. The van der Waals surface area contributed by atoms with Crippen LogP contribution >= 0.6 is 11.5 Å². The van der Waals surface area contributed by atoms with Crippen LogP contribution in [0.2, 0.25) is 0 Å². The fourth-order valence-electron chi connectivity index (χ4n) is 1.36. The maximum Gasteiger partial charge on any atom is 0.0930 e. The highest BCUT2D eigenvalue weighted by molar-refractivity contribution is 7.03. The Hall–Kier alpha value is -0.480. The first kappa shape index (κ1) is 10.6. The number of hydrogen-bond acceptors (Lipinski definition) is 4. The van der Waals surface area contributed by atoms with E-state index in [9.17, 15) is 0 Å². The summed E-state index contributed by atoms with van der Waals surface area (Å²) < 4.78 is 3.89. The lowest BCUT2D eigenvalue weighted by molar-refractivity contribution is 0.271. The molecule has 0 aliphatic rings.